The second kappa shape index (κ2) is 7.55. The molecule has 0 aliphatic carbocycles. The van der Waals surface area contributed by atoms with E-state index in [1.807, 2.05) is 19.1 Å². The fourth-order valence-electron chi connectivity index (χ4n) is 2.78. The molecule has 1 N–H and O–H groups in total. The van der Waals surface area contributed by atoms with Crippen molar-refractivity contribution in [2.45, 2.75) is 58.6 Å². The van der Waals surface area contributed by atoms with E-state index in [-0.39, 0.29) is 18.1 Å². The quantitative estimate of drug-likeness (QED) is 0.875. The standard InChI is InChI=1S/C17H26N2O2/c1-12(2)16(17-13(3)6-4-10-18-17)19-15(20)9-8-14-7-5-11-21-14/h4,6,10,12,14,16H,5,7-9,11H2,1-3H3,(H,19,20)/t14-,16-/m0/s1. The lowest BCUT2D eigenvalue weighted by atomic mass is 9.97. The first-order valence-corrected chi connectivity index (χ1v) is 7.90. The van der Waals surface area contributed by atoms with Gasteiger partial charge in [-0.3, -0.25) is 9.78 Å². The van der Waals surface area contributed by atoms with E-state index in [2.05, 4.69) is 24.1 Å². The summed E-state index contributed by atoms with van der Waals surface area (Å²) in [4.78, 5) is 16.7. The molecule has 0 unspecified atom stereocenters. The van der Waals surface area contributed by atoms with E-state index in [0.29, 0.717) is 12.3 Å². The van der Waals surface area contributed by atoms with Gasteiger partial charge < -0.3 is 10.1 Å². The van der Waals surface area contributed by atoms with Gasteiger partial charge in [-0.1, -0.05) is 19.9 Å². The molecule has 2 rings (SSSR count). The molecule has 1 aromatic rings. The van der Waals surface area contributed by atoms with Crippen molar-refractivity contribution in [3.8, 4) is 0 Å². The number of aromatic nitrogens is 1. The van der Waals surface area contributed by atoms with E-state index in [1.165, 1.54) is 0 Å². The van der Waals surface area contributed by atoms with Crippen LogP contribution in [0.2, 0.25) is 0 Å². The van der Waals surface area contributed by atoms with Gasteiger partial charge in [0.25, 0.3) is 0 Å². The Balaban J connectivity index is 1.93. The highest BCUT2D eigenvalue weighted by Gasteiger charge is 2.22. The lowest BCUT2D eigenvalue weighted by Crippen LogP contribution is -2.33. The highest BCUT2D eigenvalue weighted by Crippen LogP contribution is 2.23. The van der Waals surface area contributed by atoms with Crippen LogP contribution in [-0.2, 0) is 9.53 Å². The monoisotopic (exact) mass is 290 g/mol. The Bertz CT molecular complexity index is 468. The summed E-state index contributed by atoms with van der Waals surface area (Å²) >= 11 is 0. The molecule has 1 fully saturated rings. The Labute approximate surface area is 127 Å². The van der Waals surface area contributed by atoms with Crippen LogP contribution >= 0.6 is 0 Å². The van der Waals surface area contributed by atoms with Crippen LogP contribution in [0.1, 0.15) is 56.8 Å². The summed E-state index contributed by atoms with van der Waals surface area (Å²) in [5.41, 5.74) is 2.09. The molecule has 2 heterocycles. The molecule has 0 radical (unpaired) electrons. The third-order valence-corrected chi connectivity index (χ3v) is 4.05. The second-order valence-electron chi connectivity index (χ2n) is 6.17. The molecule has 0 saturated carbocycles. The molecule has 116 valence electrons. The van der Waals surface area contributed by atoms with Gasteiger partial charge in [0.2, 0.25) is 5.91 Å². The summed E-state index contributed by atoms with van der Waals surface area (Å²) in [5.74, 6) is 0.402. The van der Waals surface area contributed by atoms with Gasteiger partial charge in [0, 0.05) is 19.2 Å². The maximum atomic E-state index is 12.2. The van der Waals surface area contributed by atoms with Crippen LogP contribution in [0.25, 0.3) is 0 Å². The van der Waals surface area contributed by atoms with Crippen LogP contribution in [0, 0.1) is 12.8 Å². The molecule has 4 nitrogen and oxygen atoms in total. The minimum atomic E-state index is -0.0248. The average Bonchev–Trinajstić information content (AvgIpc) is 2.96. The van der Waals surface area contributed by atoms with Gasteiger partial charge in [-0.2, -0.15) is 0 Å². The lowest BCUT2D eigenvalue weighted by molar-refractivity contribution is -0.122. The van der Waals surface area contributed by atoms with E-state index in [0.717, 1.165) is 37.1 Å². The zero-order valence-corrected chi connectivity index (χ0v) is 13.3. The third kappa shape index (κ3) is 4.53. The molecule has 0 aromatic carbocycles. The van der Waals surface area contributed by atoms with Crippen molar-refractivity contribution in [3.05, 3.63) is 29.6 Å². The molecule has 1 aliphatic rings. The number of carbonyl (C=O) groups excluding carboxylic acids is 1. The number of aryl methyl sites for hydroxylation is 1. The molecular formula is C17H26N2O2. The lowest BCUT2D eigenvalue weighted by Gasteiger charge is -2.23. The van der Waals surface area contributed by atoms with Crippen molar-refractivity contribution in [1.82, 2.24) is 10.3 Å². The average molecular weight is 290 g/mol. The normalized spacial score (nSPS) is 19.7. The largest absolute Gasteiger partial charge is 0.378 e. The molecule has 21 heavy (non-hydrogen) atoms. The number of hydrogen-bond acceptors (Lipinski definition) is 3. The summed E-state index contributed by atoms with van der Waals surface area (Å²) in [7, 11) is 0. The Morgan fingerprint density at radius 2 is 2.33 bits per heavy atom. The van der Waals surface area contributed by atoms with E-state index in [9.17, 15) is 4.79 Å². The van der Waals surface area contributed by atoms with Gasteiger partial charge >= 0.3 is 0 Å². The molecule has 1 aliphatic heterocycles. The van der Waals surface area contributed by atoms with E-state index >= 15 is 0 Å². The number of carbonyl (C=O) groups is 1. The first kappa shape index (κ1) is 16.0. The number of nitrogens with zero attached hydrogens (tertiary/aromatic N) is 1. The molecule has 1 saturated heterocycles. The molecular weight excluding hydrogens is 264 g/mol. The Morgan fingerprint density at radius 1 is 1.52 bits per heavy atom. The van der Waals surface area contributed by atoms with Gasteiger partial charge in [-0.15, -0.1) is 0 Å². The maximum absolute atomic E-state index is 12.2. The van der Waals surface area contributed by atoms with E-state index in [1.54, 1.807) is 6.20 Å². The summed E-state index contributed by atoms with van der Waals surface area (Å²) in [6.07, 6.45) is 5.60. The number of hydrogen-bond donors (Lipinski definition) is 1. The fourth-order valence-corrected chi connectivity index (χ4v) is 2.78. The maximum Gasteiger partial charge on any atom is 0.220 e. The summed E-state index contributed by atoms with van der Waals surface area (Å²) < 4.78 is 5.57. The van der Waals surface area contributed by atoms with Crippen LogP contribution in [0.15, 0.2) is 18.3 Å². The Morgan fingerprint density at radius 3 is 2.95 bits per heavy atom. The minimum absolute atomic E-state index is 0.0248. The molecule has 4 heteroatoms. The Kier molecular flexibility index (Phi) is 5.74. The second-order valence-corrected chi connectivity index (χ2v) is 6.17. The zero-order valence-electron chi connectivity index (χ0n) is 13.3. The molecule has 0 bridgehead atoms. The number of amides is 1. The summed E-state index contributed by atoms with van der Waals surface area (Å²) in [6.45, 7) is 7.10. The van der Waals surface area contributed by atoms with Crippen molar-refractivity contribution in [2.75, 3.05) is 6.61 Å². The summed E-state index contributed by atoms with van der Waals surface area (Å²) in [5, 5.41) is 3.14. The predicted octanol–water partition coefficient (Wildman–Crippen LogP) is 3.16. The van der Waals surface area contributed by atoms with Crippen molar-refractivity contribution < 1.29 is 9.53 Å². The van der Waals surface area contributed by atoms with Crippen LogP contribution in [0.4, 0.5) is 0 Å². The fraction of sp³-hybridized carbons (Fsp3) is 0.647. The van der Waals surface area contributed by atoms with E-state index < -0.39 is 0 Å². The zero-order chi connectivity index (χ0) is 15.2. The molecule has 0 spiro atoms. The van der Waals surface area contributed by atoms with E-state index in [4.69, 9.17) is 4.74 Å². The predicted molar refractivity (Wildman–Crippen MR) is 82.9 cm³/mol. The molecule has 2 atom stereocenters. The van der Waals surface area contributed by atoms with Gasteiger partial charge in [-0.05, 0) is 43.7 Å². The van der Waals surface area contributed by atoms with Crippen molar-refractivity contribution in [1.29, 1.82) is 0 Å². The Hall–Kier alpha value is -1.42. The van der Waals surface area contributed by atoms with Gasteiger partial charge in [0.05, 0.1) is 17.8 Å². The number of ether oxygens (including phenoxy) is 1. The first-order chi connectivity index (χ1) is 10.1. The molecule has 1 amide bonds. The topological polar surface area (TPSA) is 51.2 Å². The number of nitrogens with one attached hydrogen (secondary N) is 1. The van der Waals surface area contributed by atoms with Crippen molar-refractivity contribution >= 4 is 5.91 Å². The van der Waals surface area contributed by atoms with Gasteiger partial charge in [0.15, 0.2) is 0 Å². The van der Waals surface area contributed by atoms with Crippen LogP contribution < -0.4 is 5.32 Å². The SMILES string of the molecule is Cc1cccnc1[C@@H](NC(=O)CC[C@@H]1CCCO1)C(C)C. The highest BCUT2D eigenvalue weighted by atomic mass is 16.5. The smallest absolute Gasteiger partial charge is 0.220 e. The van der Waals surface area contributed by atoms with Gasteiger partial charge in [0.1, 0.15) is 0 Å². The van der Waals surface area contributed by atoms with Crippen molar-refractivity contribution in [3.63, 3.8) is 0 Å². The van der Waals surface area contributed by atoms with Crippen LogP contribution in [0.5, 0.6) is 0 Å². The minimum Gasteiger partial charge on any atom is -0.378 e. The highest BCUT2D eigenvalue weighted by molar-refractivity contribution is 5.76. The third-order valence-electron chi connectivity index (χ3n) is 4.05. The summed E-state index contributed by atoms with van der Waals surface area (Å²) in [6, 6.07) is 3.94. The molecule has 1 aromatic heterocycles. The van der Waals surface area contributed by atoms with Crippen molar-refractivity contribution in [2.24, 2.45) is 5.92 Å². The van der Waals surface area contributed by atoms with Crippen LogP contribution in [0.3, 0.4) is 0 Å². The number of rotatable bonds is 6. The number of pyridine rings is 1. The van der Waals surface area contributed by atoms with Gasteiger partial charge in [-0.25, -0.2) is 0 Å². The van der Waals surface area contributed by atoms with Crippen LogP contribution in [-0.4, -0.2) is 23.6 Å². The first-order valence-electron chi connectivity index (χ1n) is 7.90.